The van der Waals surface area contributed by atoms with Crippen molar-refractivity contribution in [3.05, 3.63) is 125 Å². The molecule has 48 heavy (non-hydrogen) atoms. The summed E-state index contributed by atoms with van der Waals surface area (Å²) in [7, 11) is 0. The first-order chi connectivity index (χ1) is 23.4. The highest BCUT2D eigenvalue weighted by Crippen LogP contribution is 2.27. The van der Waals surface area contributed by atoms with E-state index in [1.54, 1.807) is 6.92 Å². The number of allylic oxidation sites excluding steroid dienone is 1. The zero-order valence-electron chi connectivity index (χ0n) is 27.9. The van der Waals surface area contributed by atoms with Crippen molar-refractivity contribution in [2.24, 2.45) is 5.92 Å². The third-order valence-electron chi connectivity index (χ3n) is 8.08. The fourth-order valence-corrected chi connectivity index (χ4v) is 5.52. The minimum absolute atomic E-state index is 0.152. The SMILES string of the molecule is CCOC(=O)CCCCC(C=Cc1ccccc1OCc1ccc(-c2nc3cc(C)ccc3o2)cc1)Cc1ccc(C(=O)OCC)cc1. The number of hydrogen-bond acceptors (Lipinski definition) is 7. The van der Waals surface area contributed by atoms with E-state index in [0.717, 1.165) is 70.3 Å². The number of esters is 2. The summed E-state index contributed by atoms with van der Waals surface area (Å²) in [4.78, 5) is 28.6. The first kappa shape index (κ1) is 34.2. The number of fused-ring (bicyclic) bond motifs is 1. The fraction of sp³-hybridized carbons (Fsp3) is 0.293. The van der Waals surface area contributed by atoms with E-state index in [9.17, 15) is 9.59 Å². The van der Waals surface area contributed by atoms with E-state index in [1.807, 2.05) is 98.8 Å². The first-order valence-electron chi connectivity index (χ1n) is 16.7. The summed E-state index contributed by atoms with van der Waals surface area (Å²) in [6.45, 7) is 6.83. The van der Waals surface area contributed by atoms with Gasteiger partial charge in [0.2, 0.25) is 5.89 Å². The van der Waals surface area contributed by atoms with Crippen molar-refractivity contribution in [2.75, 3.05) is 13.2 Å². The van der Waals surface area contributed by atoms with Gasteiger partial charge in [0.05, 0.1) is 18.8 Å². The minimum atomic E-state index is -0.315. The Morgan fingerprint density at radius 1 is 0.854 bits per heavy atom. The minimum Gasteiger partial charge on any atom is -0.488 e. The van der Waals surface area contributed by atoms with E-state index in [4.69, 9.17) is 18.6 Å². The number of ether oxygens (including phenoxy) is 3. The van der Waals surface area contributed by atoms with Crippen LogP contribution in [0.4, 0.5) is 0 Å². The zero-order valence-corrected chi connectivity index (χ0v) is 27.9. The third-order valence-corrected chi connectivity index (χ3v) is 8.08. The average Bonchev–Trinajstić information content (AvgIpc) is 3.52. The van der Waals surface area contributed by atoms with E-state index in [1.165, 1.54) is 0 Å². The molecular formula is C41H43NO6. The van der Waals surface area contributed by atoms with Gasteiger partial charge in [0, 0.05) is 17.5 Å². The van der Waals surface area contributed by atoms with E-state index >= 15 is 0 Å². The highest BCUT2D eigenvalue weighted by atomic mass is 16.5. The van der Waals surface area contributed by atoms with Gasteiger partial charge < -0.3 is 18.6 Å². The molecule has 1 heterocycles. The van der Waals surface area contributed by atoms with Crippen molar-refractivity contribution in [3.63, 3.8) is 0 Å². The number of unbranched alkanes of at least 4 members (excludes halogenated alkanes) is 1. The van der Waals surface area contributed by atoms with Crippen LogP contribution in [0, 0.1) is 12.8 Å². The number of para-hydroxylation sites is 1. The third kappa shape index (κ3) is 9.67. The molecule has 0 aliphatic rings. The summed E-state index contributed by atoms with van der Waals surface area (Å²) in [5.41, 5.74) is 7.40. The Kier molecular flexibility index (Phi) is 12.2. The number of aromatic nitrogens is 1. The predicted octanol–water partition coefficient (Wildman–Crippen LogP) is 9.55. The number of aryl methyl sites for hydroxylation is 1. The molecule has 0 aliphatic carbocycles. The molecule has 0 amide bonds. The van der Waals surface area contributed by atoms with Crippen LogP contribution in [0.5, 0.6) is 5.75 Å². The lowest BCUT2D eigenvalue weighted by Gasteiger charge is -2.14. The van der Waals surface area contributed by atoms with E-state index < -0.39 is 0 Å². The molecule has 0 saturated carbocycles. The van der Waals surface area contributed by atoms with Crippen molar-refractivity contribution in [1.29, 1.82) is 0 Å². The Morgan fingerprint density at radius 2 is 1.60 bits per heavy atom. The molecule has 1 atom stereocenters. The van der Waals surface area contributed by atoms with E-state index in [2.05, 4.69) is 23.2 Å². The van der Waals surface area contributed by atoms with Crippen LogP contribution < -0.4 is 4.74 Å². The second-order valence-corrected chi connectivity index (χ2v) is 11.8. The number of benzene rings is 4. The van der Waals surface area contributed by atoms with Crippen molar-refractivity contribution < 1.29 is 28.2 Å². The summed E-state index contributed by atoms with van der Waals surface area (Å²) < 4.78 is 22.5. The summed E-state index contributed by atoms with van der Waals surface area (Å²) in [5.74, 6) is 1.15. The van der Waals surface area contributed by atoms with E-state index in [0.29, 0.717) is 37.7 Å². The lowest BCUT2D eigenvalue weighted by atomic mass is 9.92. The number of nitrogens with zero attached hydrogens (tertiary/aromatic N) is 1. The first-order valence-corrected chi connectivity index (χ1v) is 16.7. The maximum atomic E-state index is 12.1. The topological polar surface area (TPSA) is 87.9 Å². The zero-order chi connectivity index (χ0) is 33.7. The van der Waals surface area contributed by atoms with Crippen LogP contribution in [0.1, 0.15) is 72.1 Å². The molecular weight excluding hydrogens is 602 g/mol. The van der Waals surface area contributed by atoms with E-state index in [-0.39, 0.29) is 17.9 Å². The number of oxazole rings is 1. The van der Waals surface area contributed by atoms with Crippen LogP contribution in [-0.2, 0) is 27.3 Å². The number of carbonyl (C=O) groups is 2. The molecule has 1 unspecified atom stereocenters. The smallest absolute Gasteiger partial charge is 0.338 e. The molecule has 248 valence electrons. The predicted molar refractivity (Wildman–Crippen MR) is 189 cm³/mol. The largest absolute Gasteiger partial charge is 0.488 e. The molecule has 0 spiro atoms. The molecule has 0 bridgehead atoms. The Labute approximate surface area is 282 Å². The van der Waals surface area contributed by atoms with Crippen molar-refractivity contribution in [1.82, 2.24) is 4.98 Å². The lowest BCUT2D eigenvalue weighted by Crippen LogP contribution is -2.06. The van der Waals surface area contributed by atoms with Gasteiger partial charge in [-0.25, -0.2) is 9.78 Å². The van der Waals surface area contributed by atoms with Gasteiger partial charge in [-0.3, -0.25) is 4.79 Å². The standard InChI is InChI=1S/C41H43NO6/c1-4-45-39(43)13-9-6-10-30(27-31-16-23-35(24-17-31)41(44)46-5-2)15-20-33-11-7-8-12-37(33)47-28-32-18-21-34(22-19-32)40-42-36-26-29(3)14-25-38(36)48-40/h7-8,11-12,14-26,30H,4-6,9-10,13,27-28H2,1-3H3. The Balaban J connectivity index is 1.24. The lowest BCUT2D eigenvalue weighted by molar-refractivity contribution is -0.143. The Hall–Kier alpha value is -5.17. The molecule has 0 radical (unpaired) electrons. The summed E-state index contributed by atoms with van der Waals surface area (Å²) in [6, 6.07) is 29.7. The summed E-state index contributed by atoms with van der Waals surface area (Å²) in [6.07, 6.45) is 8.14. The quantitative estimate of drug-likeness (QED) is 0.0780. The summed E-state index contributed by atoms with van der Waals surface area (Å²) >= 11 is 0. The second-order valence-electron chi connectivity index (χ2n) is 11.8. The van der Waals surface area contributed by atoms with Crippen molar-refractivity contribution in [2.45, 2.75) is 59.5 Å². The molecule has 7 heteroatoms. The number of rotatable bonds is 16. The molecule has 4 aromatic carbocycles. The molecule has 7 nitrogen and oxygen atoms in total. The Morgan fingerprint density at radius 3 is 2.38 bits per heavy atom. The highest BCUT2D eigenvalue weighted by Gasteiger charge is 2.12. The van der Waals surface area contributed by atoms with Gasteiger partial charge >= 0.3 is 11.9 Å². The average molecular weight is 646 g/mol. The van der Waals surface area contributed by atoms with Crippen LogP contribution >= 0.6 is 0 Å². The molecule has 0 fully saturated rings. The molecule has 1 aromatic heterocycles. The van der Waals surface area contributed by atoms with Gasteiger partial charge in [-0.2, -0.15) is 0 Å². The normalized spacial score (nSPS) is 11.9. The number of hydrogen-bond donors (Lipinski definition) is 0. The second kappa shape index (κ2) is 17.1. The van der Waals surface area contributed by atoms with Gasteiger partial charge in [-0.05, 0) is 105 Å². The molecule has 0 aliphatic heterocycles. The highest BCUT2D eigenvalue weighted by molar-refractivity contribution is 5.89. The maximum Gasteiger partial charge on any atom is 0.338 e. The fourth-order valence-electron chi connectivity index (χ4n) is 5.52. The number of carbonyl (C=O) groups excluding carboxylic acids is 2. The Bertz CT molecular complexity index is 1820. The van der Waals surface area contributed by atoms with Crippen LogP contribution in [0.3, 0.4) is 0 Å². The van der Waals surface area contributed by atoms with Crippen LogP contribution in [0.25, 0.3) is 28.6 Å². The van der Waals surface area contributed by atoms with Crippen LogP contribution in [0.2, 0.25) is 0 Å². The summed E-state index contributed by atoms with van der Waals surface area (Å²) in [5, 5.41) is 0. The maximum absolute atomic E-state index is 12.1. The molecule has 5 aromatic rings. The van der Waals surface area contributed by atoms with Gasteiger partial charge in [0.1, 0.15) is 17.9 Å². The van der Waals surface area contributed by atoms with Gasteiger partial charge in [-0.1, -0.05) is 67.1 Å². The van der Waals surface area contributed by atoms with Crippen molar-refractivity contribution >= 4 is 29.1 Å². The van der Waals surface area contributed by atoms with Crippen LogP contribution in [0.15, 0.2) is 101 Å². The van der Waals surface area contributed by atoms with Crippen molar-refractivity contribution in [3.8, 4) is 17.2 Å². The van der Waals surface area contributed by atoms with Crippen LogP contribution in [-0.4, -0.2) is 30.1 Å². The van der Waals surface area contributed by atoms with Gasteiger partial charge in [-0.15, -0.1) is 0 Å². The molecule has 0 saturated heterocycles. The molecule has 5 rings (SSSR count). The van der Waals surface area contributed by atoms with Gasteiger partial charge in [0.25, 0.3) is 0 Å². The monoisotopic (exact) mass is 645 g/mol. The van der Waals surface area contributed by atoms with Gasteiger partial charge in [0.15, 0.2) is 5.58 Å². The molecule has 0 N–H and O–H groups in total.